The number of aliphatic hydroxyl groups is 1. The van der Waals surface area contributed by atoms with Crippen LogP contribution < -0.4 is 0 Å². The van der Waals surface area contributed by atoms with E-state index < -0.39 is 97.5 Å². The average molecular weight is 1280 g/mol. The highest BCUT2D eigenvalue weighted by molar-refractivity contribution is 7.47. The zero-order valence-corrected chi connectivity index (χ0v) is 58.4. The minimum absolute atomic E-state index is 0.104. The monoisotopic (exact) mass is 1280 g/mol. The van der Waals surface area contributed by atoms with Crippen molar-refractivity contribution >= 4 is 39.5 Å². The second-order valence-corrected chi connectivity index (χ2v) is 29.4. The number of hydrogen-bond acceptors (Lipinski definition) is 15. The summed E-state index contributed by atoms with van der Waals surface area (Å²) in [6.07, 6.45) is 39.1. The molecule has 0 amide bonds. The number of rotatable bonds is 65. The maximum atomic E-state index is 13.0. The lowest BCUT2D eigenvalue weighted by atomic mass is 10.0. The van der Waals surface area contributed by atoms with Crippen LogP contribution in [-0.2, 0) is 65.4 Å². The van der Waals surface area contributed by atoms with Gasteiger partial charge in [0, 0.05) is 25.7 Å². The molecule has 3 unspecified atom stereocenters. The molecule has 516 valence electrons. The lowest BCUT2D eigenvalue weighted by Crippen LogP contribution is -2.30. The third-order valence-electron chi connectivity index (χ3n) is 15.6. The minimum atomic E-state index is -4.95. The van der Waals surface area contributed by atoms with Crippen molar-refractivity contribution in [1.29, 1.82) is 0 Å². The van der Waals surface area contributed by atoms with E-state index in [1.54, 1.807) is 0 Å². The standard InChI is InChI=1S/C68H132O17P2/c1-58(2)44-36-28-20-14-10-9-11-16-24-34-42-50-67(72)84-63(54-78-65(70)48-40-32-26-18-22-30-38-46-60(5)6)56-82-86(74,75)80-52-62(69)53-81-87(76,77)83-57-64(55-79-66(71)49-41-33-27-19-23-31-39-47-61(7)8)85-68(73)51-43-35-25-17-13-12-15-21-29-37-45-59(3)4/h58-64,69H,9-57H2,1-8H3,(H,74,75)(H,76,77)/t62?,63-,64-/m1/s1. The van der Waals surface area contributed by atoms with Gasteiger partial charge >= 0.3 is 39.5 Å². The molecular weight excluding hydrogens is 1150 g/mol. The quantitative estimate of drug-likeness (QED) is 0.0222. The van der Waals surface area contributed by atoms with Gasteiger partial charge in [-0.15, -0.1) is 0 Å². The Morgan fingerprint density at radius 3 is 0.713 bits per heavy atom. The van der Waals surface area contributed by atoms with Gasteiger partial charge in [0.15, 0.2) is 12.2 Å². The molecule has 17 nitrogen and oxygen atoms in total. The van der Waals surface area contributed by atoms with E-state index in [9.17, 15) is 43.2 Å². The summed E-state index contributed by atoms with van der Waals surface area (Å²) in [5.41, 5.74) is 0. The number of phosphoric acid groups is 2. The summed E-state index contributed by atoms with van der Waals surface area (Å²) in [7, 11) is -9.90. The fourth-order valence-corrected chi connectivity index (χ4v) is 11.7. The van der Waals surface area contributed by atoms with Crippen LogP contribution in [-0.4, -0.2) is 96.7 Å². The normalized spacial score (nSPS) is 14.3. The largest absolute Gasteiger partial charge is 0.472 e. The fraction of sp³-hybridized carbons (Fsp3) is 0.941. The van der Waals surface area contributed by atoms with Gasteiger partial charge in [-0.3, -0.25) is 37.3 Å². The molecule has 0 fully saturated rings. The molecule has 0 aliphatic rings. The van der Waals surface area contributed by atoms with E-state index in [0.29, 0.717) is 37.5 Å². The van der Waals surface area contributed by atoms with E-state index in [0.717, 1.165) is 115 Å². The van der Waals surface area contributed by atoms with Gasteiger partial charge in [0.1, 0.15) is 19.3 Å². The Balaban J connectivity index is 5.25. The van der Waals surface area contributed by atoms with Crippen molar-refractivity contribution in [3.8, 4) is 0 Å². The zero-order chi connectivity index (χ0) is 64.7. The van der Waals surface area contributed by atoms with Crippen LogP contribution in [0.1, 0.15) is 331 Å². The summed E-state index contributed by atoms with van der Waals surface area (Å²) in [5, 5.41) is 10.6. The SMILES string of the molecule is CC(C)CCCCCCCCCCCCCC(=O)O[C@H](COC(=O)CCCCCCCCCC(C)C)COP(=O)(O)OCC(O)COP(=O)(O)OC[C@@H](COC(=O)CCCCCCCCCC(C)C)OC(=O)CCCCCCCCCCCCC(C)C. The molecule has 0 saturated carbocycles. The highest BCUT2D eigenvalue weighted by Gasteiger charge is 2.30. The molecule has 0 heterocycles. The third kappa shape index (κ3) is 62.6. The Bertz CT molecular complexity index is 1730. The molecular formula is C68H132O17P2. The van der Waals surface area contributed by atoms with Crippen LogP contribution >= 0.6 is 15.6 Å². The topological polar surface area (TPSA) is 237 Å². The van der Waals surface area contributed by atoms with Crippen molar-refractivity contribution in [2.75, 3.05) is 39.6 Å². The molecule has 0 aliphatic carbocycles. The molecule has 5 atom stereocenters. The van der Waals surface area contributed by atoms with Crippen molar-refractivity contribution in [2.24, 2.45) is 23.7 Å². The van der Waals surface area contributed by atoms with Crippen LogP contribution in [0.25, 0.3) is 0 Å². The third-order valence-corrected chi connectivity index (χ3v) is 17.5. The van der Waals surface area contributed by atoms with E-state index in [-0.39, 0.29) is 25.7 Å². The lowest BCUT2D eigenvalue weighted by Gasteiger charge is -2.21. The Labute approximate surface area is 530 Å². The second kappa shape index (κ2) is 57.9. The van der Waals surface area contributed by atoms with Crippen LogP contribution in [0.15, 0.2) is 0 Å². The van der Waals surface area contributed by atoms with Crippen LogP contribution in [0.2, 0.25) is 0 Å². The molecule has 0 aliphatic heterocycles. The Morgan fingerprint density at radius 1 is 0.287 bits per heavy atom. The first-order chi connectivity index (χ1) is 41.6. The number of carbonyl (C=O) groups is 4. The molecule has 0 rings (SSSR count). The lowest BCUT2D eigenvalue weighted by molar-refractivity contribution is -0.161. The molecule has 87 heavy (non-hydrogen) atoms. The zero-order valence-electron chi connectivity index (χ0n) is 56.6. The van der Waals surface area contributed by atoms with E-state index in [1.807, 2.05) is 0 Å². The number of hydrogen-bond donors (Lipinski definition) is 3. The van der Waals surface area contributed by atoms with Crippen molar-refractivity contribution in [1.82, 2.24) is 0 Å². The van der Waals surface area contributed by atoms with Crippen LogP contribution in [0.4, 0.5) is 0 Å². The maximum absolute atomic E-state index is 13.0. The van der Waals surface area contributed by atoms with Crippen LogP contribution in [0.3, 0.4) is 0 Å². The molecule has 0 aromatic rings. The van der Waals surface area contributed by atoms with Crippen molar-refractivity contribution in [2.45, 2.75) is 350 Å². The smallest absolute Gasteiger partial charge is 0.462 e. The average Bonchev–Trinajstić information content (AvgIpc) is 3.68. The maximum Gasteiger partial charge on any atom is 0.472 e. The summed E-state index contributed by atoms with van der Waals surface area (Å²) in [6.45, 7) is 14.0. The van der Waals surface area contributed by atoms with E-state index in [2.05, 4.69) is 55.4 Å². The predicted molar refractivity (Wildman–Crippen MR) is 349 cm³/mol. The second-order valence-electron chi connectivity index (χ2n) is 26.5. The summed E-state index contributed by atoms with van der Waals surface area (Å²) in [4.78, 5) is 72.4. The molecule has 3 N–H and O–H groups in total. The highest BCUT2D eigenvalue weighted by Crippen LogP contribution is 2.45. The Hall–Kier alpha value is -1.94. The molecule has 0 aromatic carbocycles. The summed E-state index contributed by atoms with van der Waals surface area (Å²) in [5.74, 6) is 0.794. The summed E-state index contributed by atoms with van der Waals surface area (Å²) < 4.78 is 68.2. The van der Waals surface area contributed by atoms with Gasteiger partial charge in [-0.2, -0.15) is 0 Å². The molecule has 0 bridgehead atoms. The van der Waals surface area contributed by atoms with E-state index in [1.165, 1.54) is 122 Å². The van der Waals surface area contributed by atoms with E-state index in [4.69, 9.17) is 37.0 Å². The summed E-state index contributed by atoms with van der Waals surface area (Å²) >= 11 is 0. The molecule has 0 spiro atoms. The molecule has 0 radical (unpaired) electrons. The number of unbranched alkanes of at least 4 members (excludes halogenated alkanes) is 31. The van der Waals surface area contributed by atoms with Crippen molar-refractivity contribution in [3.05, 3.63) is 0 Å². The fourth-order valence-electron chi connectivity index (χ4n) is 10.1. The van der Waals surface area contributed by atoms with Gasteiger partial charge in [-0.1, -0.05) is 280 Å². The summed E-state index contributed by atoms with van der Waals surface area (Å²) in [6, 6.07) is 0. The highest BCUT2D eigenvalue weighted by atomic mass is 31.2. The van der Waals surface area contributed by atoms with Gasteiger partial charge in [-0.05, 0) is 49.4 Å². The first-order valence-corrected chi connectivity index (χ1v) is 38.2. The van der Waals surface area contributed by atoms with Gasteiger partial charge in [-0.25, -0.2) is 9.13 Å². The van der Waals surface area contributed by atoms with Gasteiger partial charge < -0.3 is 33.8 Å². The van der Waals surface area contributed by atoms with Crippen LogP contribution in [0.5, 0.6) is 0 Å². The van der Waals surface area contributed by atoms with Gasteiger partial charge in [0.2, 0.25) is 0 Å². The van der Waals surface area contributed by atoms with Crippen molar-refractivity contribution < 1.29 is 80.2 Å². The number of phosphoric ester groups is 2. The van der Waals surface area contributed by atoms with Crippen LogP contribution in [0, 0.1) is 23.7 Å². The van der Waals surface area contributed by atoms with E-state index >= 15 is 0 Å². The molecule has 19 heteroatoms. The molecule has 0 aromatic heterocycles. The minimum Gasteiger partial charge on any atom is -0.462 e. The number of esters is 4. The first-order valence-electron chi connectivity index (χ1n) is 35.2. The molecule has 0 saturated heterocycles. The number of aliphatic hydroxyl groups excluding tert-OH is 1. The Kier molecular flexibility index (Phi) is 56.6. The first kappa shape index (κ1) is 85.1. The Morgan fingerprint density at radius 2 is 0.483 bits per heavy atom. The van der Waals surface area contributed by atoms with Crippen molar-refractivity contribution in [3.63, 3.8) is 0 Å². The van der Waals surface area contributed by atoms with Gasteiger partial charge in [0.05, 0.1) is 26.4 Å². The predicted octanol–water partition coefficient (Wildman–Crippen LogP) is 18.9. The number of ether oxygens (including phenoxy) is 4. The number of carbonyl (C=O) groups excluding carboxylic acids is 4. The van der Waals surface area contributed by atoms with Gasteiger partial charge in [0.25, 0.3) is 0 Å².